The number of thiocarbonyl (C=S) groups is 1. The lowest BCUT2D eigenvalue weighted by atomic mass is 10.0. The van der Waals surface area contributed by atoms with Crippen molar-refractivity contribution >= 4 is 23.5 Å². The van der Waals surface area contributed by atoms with Crippen molar-refractivity contribution in [1.29, 1.82) is 0 Å². The summed E-state index contributed by atoms with van der Waals surface area (Å²) in [6.45, 7) is 4.38. The van der Waals surface area contributed by atoms with Crippen LogP contribution in [0.2, 0.25) is 0 Å². The van der Waals surface area contributed by atoms with E-state index in [0.29, 0.717) is 17.5 Å². The first-order valence-electron chi connectivity index (χ1n) is 4.72. The number of rotatable bonds is 6. The van der Waals surface area contributed by atoms with Crippen LogP contribution in [0.1, 0.15) is 20.3 Å². The van der Waals surface area contributed by atoms with Gasteiger partial charge in [-0.3, -0.25) is 0 Å². The molecule has 0 heterocycles. The molecule has 0 spiro atoms. The van der Waals surface area contributed by atoms with Crippen LogP contribution in [0.4, 0.5) is 0 Å². The zero-order valence-corrected chi connectivity index (χ0v) is 9.51. The van der Waals surface area contributed by atoms with Crippen molar-refractivity contribution in [2.24, 2.45) is 17.4 Å². The topological polar surface area (TPSA) is 81.1 Å². The van der Waals surface area contributed by atoms with Gasteiger partial charge in [0.2, 0.25) is 0 Å². The number of nitrogens with two attached hydrogens (primary N) is 2. The van der Waals surface area contributed by atoms with Gasteiger partial charge in [-0.05, 0) is 12.3 Å². The lowest BCUT2D eigenvalue weighted by Gasteiger charge is -2.19. The van der Waals surface area contributed by atoms with Crippen LogP contribution in [0.15, 0.2) is 0 Å². The minimum atomic E-state index is -0.361. The summed E-state index contributed by atoms with van der Waals surface area (Å²) in [7, 11) is 0. The third-order valence-corrected chi connectivity index (χ3v) is 2.23. The second-order valence-electron chi connectivity index (χ2n) is 3.72. The Hall–Kier alpha value is -0.520. The van der Waals surface area contributed by atoms with Crippen molar-refractivity contribution in [3.8, 4) is 0 Å². The Labute approximate surface area is 90.4 Å². The Bertz CT molecular complexity index is 196. The second-order valence-corrected chi connectivity index (χ2v) is 4.16. The van der Waals surface area contributed by atoms with Gasteiger partial charge >= 0.3 is 0 Å². The fraction of sp³-hybridized carbons (Fsp3) is 0.778. The summed E-state index contributed by atoms with van der Waals surface area (Å²) in [4.78, 5) is 11.2. The van der Waals surface area contributed by atoms with Crippen LogP contribution >= 0.6 is 12.2 Å². The molecule has 0 fully saturated rings. The highest BCUT2D eigenvalue weighted by molar-refractivity contribution is 7.80. The second kappa shape index (κ2) is 6.86. The molecule has 0 aromatic rings. The number of hydrogen-bond donors (Lipinski definition) is 3. The van der Waals surface area contributed by atoms with E-state index in [1.807, 2.05) is 13.8 Å². The minimum Gasteiger partial charge on any atom is -0.369 e. The summed E-state index contributed by atoms with van der Waals surface area (Å²) in [6, 6.07) is -0.611. The first kappa shape index (κ1) is 13.5. The highest BCUT2D eigenvalue weighted by Gasteiger charge is 2.14. The molecule has 14 heavy (non-hydrogen) atoms. The molecule has 0 unspecified atom stereocenters. The third-order valence-electron chi connectivity index (χ3n) is 1.81. The van der Waals surface area contributed by atoms with Crippen molar-refractivity contribution < 1.29 is 4.79 Å². The van der Waals surface area contributed by atoms with Gasteiger partial charge < -0.3 is 21.6 Å². The van der Waals surface area contributed by atoms with Crippen LogP contribution in [0, 0.1) is 5.92 Å². The summed E-state index contributed by atoms with van der Waals surface area (Å²) >= 11 is 5.00. The maximum atomic E-state index is 10.7. The number of carbonyl (C=O) groups excluding carboxylic acids is 1. The van der Waals surface area contributed by atoms with Gasteiger partial charge in [0.25, 0.3) is 0 Å². The molecule has 0 rings (SSSR count). The van der Waals surface area contributed by atoms with E-state index in [0.717, 1.165) is 12.7 Å². The van der Waals surface area contributed by atoms with Crippen LogP contribution in [-0.2, 0) is 4.79 Å². The third kappa shape index (κ3) is 5.26. The zero-order chi connectivity index (χ0) is 11.1. The van der Waals surface area contributed by atoms with Gasteiger partial charge in [-0.15, -0.1) is 0 Å². The molecule has 2 atom stereocenters. The van der Waals surface area contributed by atoms with Gasteiger partial charge in [-0.1, -0.05) is 26.1 Å². The predicted molar refractivity (Wildman–Crippen MR) is 62.1 cm³/mol. The van der Waals surface area contributed by atoms with Crippen LogP contribution in [-0.4, -0.2) is 29.9 Å². The van der Waals surface area contributed by atoms with E-state index in [1.54, 1.807) is 0 Å². The first-order chi connectivity index (χ1) is 6.51. The Morgan fingerprint density at radius 2 is 2.14 bits per heavy atom. The quantitative estimate of drug-likeness (QED) is 0.424. The fourth-order valence-corrected chi connectivity index (χ4v) is 1.30. The maximum absolute atomic E-state index is 10.7. The number of hydrogen-bond acceptors (Lipinski definition) is 4. The summed E-state index contributed by atoms with van der Waals surface area (Å²) in [5, 5.41) is 2.91. The number of aldehydes is 1. The highest BCUT2D eigenvalue weighted by Crippen LogP contribution is 2.02. The van der Waals surface area contributed by atoms with Gasteiger partial charge in [0.05, 0.1) is 17.1 Å². The molecule has 0 aromatic heterocycles. The largest absolute Gasteiger partial charge is 0.369 e. The molecule has 0 radical (unpaired) electrons. The van der Waals surface area contributed by atoms with E-state index in [4.69, 9.17) is 23.7 Å². The normalized spacial score (nSPS) is 14.9. The average molecular weight is 217 g/mol. The Balaban J connectivity index is 4.04. The van der Waals surface area contributed by atoms with E-state index in [1.165, 1.54) is 0 Å². The van der Waals surface area contributed by atoms with Gasteiger partial charge in [0, 0.05) is 6.54 Å². The van der Waals surface area contributed by atoms with Crippen LogP contribution in [0.5, 0.6) is 0 Å². The molecule has 4 nitrogen and oxygen atoms in total. The molecule has 0 aliphatic rings. The summed E-state index contributed by atoms with van der Waals surface area (Å²) in [6.07, 6.45) is 1.61. The van der Waals surface area contributed by atoms with Crippen molar-refractivity contribution in [3.05, 3.63) is 0 Å². The lowest BCUT2D eigenvalue weighted by molar-refractivity contribution is -0.109. The Morgan fingerprint density at radius 1 is 1.57 bits per heavy atom. The zero-order valence-electron chi connectivity index (χ0n) is 8.69. The van der Waals surface area contributed by atoms with Crippen LogP contribution in [0.3, 0.4) is 0 Å². The molecule has 82 valence electrons. The van der Waals surface area contributed by atoms with Crippen molar-refractivity contribution in [2.75, 3.05) is 6.54 Å². The summed E-state index contributed by atoms with van der Waals surface area (Å²) in [5.74, 6) is 0.439. The molecule has 0 bridgehead atoms. The van der Waals surface area contributed by atoms with Crippen molar-refractivity contribution in [1.82, 2.24) is 5.32 Å². The summed E-state index contributed by atoms with van der Waals surface area (Å²) < 4.78 is 0. The van der Waals surface area contributed by atoms with Gasteiger partial charge in [-0.2, -0.15) is 0 Å². The van der Waals surface area contributed by atoms with E-state index < -0.39 is 0 Å². The molecule has 0 aliphatic carbocycles. The predicted octanol–water partition coefficient (Wildman–Crippen LogP) is -0.197. The fourth-order valence-electron chi connectivity index (χ4n) is 1.05. The van der Waals surface area contributed by atoms with E-state index in [9.17, 15) is 4.79 Å². The Kier molecular flexibility index (Phi) is 6.61. The standard InChI is InChI=1S/C9H19N3OS/c1-6(2)3-7(5-13)12-9(14)8(11)4-10/h5-8H,3-4,10-11H2,1-2H3,(H,12,14)/t7-,8-/m0/s1. The smallest absolute Gasteiger partial charge is 0.142 e. The molecule has 0 aliphatic heterocycles. The minimum absolute atomic E-state index is 0.250. The first-order valence-corrected chi connectivity index (χ1v) is 5.13. The van der Waals surface area contributed by atoms with Gasteiger partial charge in [0.15, 0.2) is 0 Å². The number of nitrogens with one attached hydrogen (secondary N) is 1. The van der Waals surface area contributed by atoms with Gasteiger partial charge in [0.1, 0.15) is 6.29 Å². The van der Waals surface area contributed by atoms with Crippen molar-refractivity contribution in [3.63, 3.8) is 0 Å². The van der Waals surface area contributed by atoms with E-state index >= 15 is 0 Å². The molecule has 5 heteroatoms. The molecule has 0 aromatic carbocycles. The maximum Gasteiger partial charge on any atom is 0.142 e. The molecule has 0 amide bonds. The highest BCUT2D eigenvalue weighted by atomic mass is 32.1. The van der Waals surface area contributed by atoms with E-state index in [2.05, 4.69) is 5.32 Å². The molecular weight excluding hydrogens is 198 g/mol. The van der Waals surface area contributed by atoms with Gasteiger partial charge in [-0.25, -0.2) is 0 Å². The van der Waals surface area contributed by atoms with Crippen LogP contribution in [0.25, 0.3) is 0 Å². The van der Waals surface area contributed by atoms with E-state index in [-0.39, 0.29) is 12.1 Å². The lowest BCUT2D eigenvalue weighted by Crippen LogP contribution is -2.48. The van der Waals surface area contributed by atoms with Crippen molar-refractivity contribution in [2.45, 2.75) is 32.4 Å². The summed E-state index contributed by atoms with van der Waals surface area (Å²) in [5.41, 5.74) is 11.0. The molecule has 0 saturated heterocycles. The molecule has 0 saturated carbocycles. The van der Waals surface area contributed by atoms with Crippen LogP contribution < -0.4 is 16.8 Å². The SMILES string of the molecule is CC(C)C[C@@H](C=O)NC(=S)[C@@H](N)CN. The average Bonchev–Trinajstić information content (AvgIpc) is 2.14. The number of carbonyl (C=O) groups is 1. The molecule has 5 N–H and O–H groups in total. The molecular formula is C9H19N3OS. The monoisotopic (exact) mass is 217 g/mol. The Morgan fingerprint density at radius 3 is 2.50 bits per heavy atom.